The van der Waals surface area contributed by atoms with Crippen molar-refractivity contribution in [3.63, 3.8) is 0 Å². The van der Waals surface area contributed by atoms with Gasteiger partial charge in [0.2, 0.25) is 0 Å². The minimum Gasteiger partial charge on any atom is -0.508 e. The summed E-state index contributed by atoms with van der Waals surface area (Å²) in [4.78, 5) is 6.80. The molecule has 1 aliphatic rings. The first-order valence-electron chi connectivity index (χ1n) is 6.71. The molecule has 0 spiro atoms. The second-order valence-corrected chi connectivity index (χ2v) is 5.80. The Labute approximate surface area is 126 Å². The van der Waals surface area contributed by atoms with Gasteiger partial charge < -0.3 is 14.7 Å². The molecule has 1 aliphatic heterocycles. The van der Waals surface area contributed by atoms with Crippen molar-refractivity contribution in [3.8, 4) is 5.75 Å². The van der Waals surface area contributed by atoms with Gasteiger partial charge in [0, 0.05) is 23.5 Å². The molecule has 1 aromatic heterocycles. The highest BCUT2D eigenvalue weighted by Gasteiger charge is 2.27. The predicted octanol–water partition coefficient (Wildman–Crippen LogP) is 2.93. The van der Waals surface area contributed by atoms with Gasteiger partial charge in [0.1, 0.15) is 11.6 Å². The van der Waals surface area contributed by atoms with E-state index in [4.69, 9.17) is 4.74 Å². The number of aromatic hydroxyl groups is 1. The van der Waals surface area contributed by atoms with Crippen molar-refractivity contribution in [2.75, 3.05) is 23.4 Å². The van der Waals surface area contributed by atoms with Crippen LogP contribution in [0.1, 0.15) is 6.92 Å². The number of morpholine rings is 1. The number of halogens is 1. The number of pyridine rings is 1. The number of hydrogen-bond donors (Lipinski definition) is 1. The maximum absolute atomic E-state index is 9.74. The van der Waals surface area contributed by atoms with Crippen LogP contribution in [0.5, 0.6) is 5.75 Å². The Balaban J connectivity index is 2.06. The van der Waals surface area contributed by atoms with Crippen LogP contribution in [0.25, 0.3) is 10.8 Å². The van der Waals surface area contributed by atoms with Crippen molar-refractivity contribution in [2.45, 2.75) is 19.1 Å². The molecule has 3 rings (SSSR count). The van der Waals surface area contributed by atoms with Crippen LogP contribution in [0.2, 0.25) is 0 Å². The Hall–Kier alpha value is -1.33. The predicted molar refractivity (Wildman–Crippen MR) is 83.7 cm³/mol. The summed E-state index contributed by atoms with van der Waals surface area (Å²) in [5.41, 5.74) is 0. The first kappa shape index (κ1) is 13.6. The Bertz CT molecular complexity index is 620. The highest BCUT2D eigenvalue weighted by atomic mass is 79.9. The average Bonchev–Trinajstić information content (AvgIpc) is 2.47. The quantitative estimate of drug-likeness (QED) is 0.856. The van der Waals surface area contributed by atoms with Crippen LogP contribution >= 0.6 is 15.9 Å². The highest BCUT2D eigenvalue weighted by molar-refractivity contribution is 9.09. The molecular weight excluding hydrogens is 320 g/mol. The van der Waals surface area contributed by atoms with E-state index >= 15 is 0 Å². The van der Waals surface area contributed by atoms with Crippen molar-refractivity contribution in [1.82, 2.24) is 4.98 Å². The van der Waals surface area contributed by atoms with Crippen molar-refractivity contribution >= 4 is 32.5 Å². The van der Waals surface area contributed by atoms with Crippen LogP contribution in [-0.2, 0) is 4.74 Å². The first-order chi connectivity index (χ1) is 9.69. The fraction of sp³-hybridized carbons (Fsp3) is 0.400. The maximum atomic E-state index is 9.74. The topological polar surface area (TPSA) is 45.6 Å². The summed E-state index contributed by atoms with van der Waals surface area (Å²) in [6, 6.07) is 7.64. The second kappa shape index (κ2) is 5.58. The molecule has 4 nitrogen and oxygen atoms in total. The van der Waals surface area contributed by atoms with Crippen molar-refractivity contribution in [2.24, 2.45) is 0 Å². The number of ether oxygens (including phenoxy) is 1. The minimum absolute atomic E-state index is 0.167. The van der Waals surface area contributed by atoms with Gasteiger partial charge in [0.15, 0.2) is 0 Å². The fourth-order valence-corrected chi connectivity index (χ4v) is 2.97. The van der Waals surface area contributed by atoms with Gasteiger partial charge >= 0.3 is 0 Å². The van der Waals surface area contributed by atoms with Gasteiger partial charge in [0.25, 0.3) is 0 Å². The molecule has 1 N–H and O–H groups in total. The number of nitrogens with zero attached hydrogens (tertiary/aromatic N) is 2. The van der Waals surface area contributed by atoms with Gasteiger partial charge in [-0.05, 0) is 30.5 Å². The summed E-state index contributed by atoms with van der Waals surface area (Å²) in [5.74, 6) is 1.19. The Morgan fingerprint density at radius 1 is 1.45 bits per heavy atom. The molecule has 1 saturated heterocycles. The molecular formula is C15H17BrN2O2. The Morgan fingerprint density at radius 3 is 3.10 bits per heavy atom. The van der Waals surface area contributed by atoms with E-state index in [0.29, 0.717) is 6.61 Å². The molecule has 2 aromatic rings. The number of alkyl halides is 1. The number of hydrogen-bond acceptors (Lipinski definition) is 4. The molecule has 2 heterocycles. The minimum atomic E-state index is 0.167. The van der Waals surface area contributed by atoms with E-state index in [1.807, 2.05) is 18.3 Å². The third-order valence-corrected chi connectivity index (χ3v) is 4.40. The zero-order chi connectivity index (χ0) is 14.1. The average molecular weight is 337 g/mol. The third kappa shape index (κ3) is 2.47. The summed E-state index contributed by atoms with van der Waals surface area (Å²) >= 11 is 3.48. The van der Waals surface area contributed by atoms with Crippen LogP contribution in [-0.4, -0.2) is 40.7 Å². The van der Waals surface area contributed by atoms with E-state index in [1.54, 1.807) is 12.1 Å². The van der Waals surface area contributed by atoms with Crippen LogP contribution in [0.15, 0.2) is 30.5 Å². The van der Waals surface area contributed by atoms with Crippen LogP contribution in [0.3, 0.4) is 0 Å². The number of phenols is 1. The number of benzene rings is 1. The first-order valence-corrected chi connectivity index (χ1v) is 7.83. The summed E-state index contributed by atoms with van der Waals surface area (Å²) < 4.78 is 5.76. The van der Waals surface area contributed by atoms with Crippen molar-refractivity contribution in [3.05, 3.63) is 30.5 Å². The maximum Gasteiger partial charge on any atom is 0.136 e. The third-order valence-electron chi connectivity index (χ3n) is 3.68. The van der Waals surface area contributed by atoms with Gasteiger partial charge in [-0.15, -0.1) is 0 Å². The lowest BCUT2D eigenvalue weighted by Gasteiger charge is -2.38. The lowest BCUT2D eigenvalue weighted by atomic mass is 10.1. The number of phenolic OH excluding ortho intramolecular Hbond substituents is 1. The SMILES string of the molecule is CC1COC(CBr)CN1c1nccc2ccc(O)cc12. The van der Waals surface area contributed by atoms with E-state index < -0.39 is 0 Å². The molecule has 0 radical (unpaired) electrons. The van der Waals surface area contributed by atoms with Crippen LogP contribution < -0.4 is 4.90 Å². The van der Waals surface area contributed by atoms with Crippen molar-refractivity contribution < 1.29 is 9.84 Å². The lowest BCUT2D eigenvalue weighted by Crippen LogP contribution is -2.49. The van der Waals surface area contributed by atoms with Gasteiger partial charge in [-0.3, -0.25) is 0 Å². The van der Waals surface area contributed by atoms with Gasteiger partial charge in [-0.1, -0.05) is 22.0 Å². The zero-order valence-electron chi connectivity index (χ0n) is 11.3. The Kier molecular flexibility index (Phi) is 3.81. The van der Waals surface area contributed by atoms with E-state index in [2.05, 4.69) is 32.7 Å². The molecule has 2 unspecified atom stereocenters. The van der Waals surface area contributed by atoms with E-state index in [1.165, 1.54) is 0 Å². The van der Waals surface area contributed by atoms with Crippen LogP contribution in [0.4, 0.5) is 5.82 Å². The van der Waals surface area contributed by atoms with E-state index in [9.17, 15) is 5.11 Å². The molecule has 5 heteroatoms. The smallest absolute Gasteiger partial charge is 0.136 e. The molecule has 2 atom stereocenters. The summed E-state index contributed by atoms with van der Waals surface area (Å²) in [5, 5.41) is 12.6. The summed E-state index contributed by atoms with van der Waals surface area (Å²) in [7, 11) is 0. The molecule has 1 aromatic carbocycles. The monoisotopic (exact) mass is 336 g/mol. The number of fused-ring (bicyclic) bond motifs is 1. The summed E-state index contributed by atoms with van der Waals surface area (Å²) in [6.45, 7) is 3.62. The van der Waals surface area contributed by atoms with Gasteiger partial charge in [-0.25, -0.2) is 4.98 Å². The van der Waals surface area contributed by atoms with Gasteiger partial charge in [0.05, 0.1) is 18.8 Å². The Morgan fingerprint density at radius 2 is 2.30 bits per heavy atom. The molecule has 0 bridgehead atoms. The molecule has 1 fully saturated rings. The molecule has 20 heavy (non-hydrogen) atoms. The standard InChI is InChI=1S/C15H17BrN2O2/c1-10-9-20-13(7-16)8-18(10)15-14-6-12(19)3-2-11(14)4-5-17-15/h2-6,10,13,19H,7-9H2,1H3. The molecule has 0 aliphatic carbocycles. The highest BCUT2D eigenvalue weighted by Crippen LogP contribution is 2.30. The number of rotatable bonds is 2. The lowest BCUT2D eigenvalue weighted by molar-refractivity contribution is 0.0378. The van der Waals surface area contributed by atoms with Crippen molar-refractivity contribution in [1.29, 1.82) is 0 Å². The molecule has 0 saturated carbocycles. The van der Waals surface area contributed by atoms with Gasteiger partial charge in [-0.2, -0.15) is 0 Å². The fourth-order valence-electron chi connectivity index (χ4n) is 2.58. The summed E-state index contributed by atoms with van der Waals surface area (Å²) in [6.07, 6.45) is 1.99. The van der Waals surface area contributed by atoms with E-state index in [-0.39, 0.29) is 17.9 Å². The second-order valence-electron chi connectivity index (χ2n) is 5.15. The number of anilines is 1. The normalized spacial score (nSPS) is 23.2. The molecule has 0 amide bonds. The largest absolute Gasteiger partial charge is 0.508 e. The van der Waals surface area contributed by atoms with E-state index in [0.717, 1.165) is 28.5 Å². The zero-order valence-corrected chi connectivity index (χ0v) is 12.9. The molecule has 106 valence electrons. The van der Waals surface area contributed by atoms with Crippen LogP contribution in [0, 0.1) is 0 Å². The number of aromatic nitrogens is 1.